The minimum atomic E-state index is 0.241. The van der Waals surface area contributed by atoms with Gasteiger partial charge in [0.1, 0.15) is 5.58 Å². The molecule has 0 aliphatic rings. The summed E-state index contributed by atoms with van der Waals surface area (Å²) in [6.07, 6.45) is 1.65. The van der Waals surface area contributed by atoms with E-state index in [1.54, 1.807) is 6.26 Å². The molecule has 0 radical (unpaired) electrons. The second-order valence-corrected chi connectivity index (χ2v) is 3.18. The second kappa shape index (κ2) is 2.84. The molecule has 3 aromatic rings. The summed E-state index contributed by atoms with van der Waals surface area (Å²) < 4.78 is 5.29. The number of nitrogen functional groups attached to an aromatic ring is 1. The van der Waals surface area contributed by atoms with E-state index in [4.69, 9.17) is 10.2 Å². The molecule has 0 atom stereocenters. The summed E-state index contributed by atoms with van der Waals surface area (Å²) in [6, 6.07) is 7.64. The molecule has 0 fully saturated rings. The number of nitrogens with zero attached hydrogens (tertiary/aromatic N) is 2. The summed E-state index contributed by atoms with van der Waals surface area (Å²) in [5.41, 5.74) is 7.22. The molecule has 0 spiro atoms. The summed E-state index contributed by atoms with van der Waals surface area (Å²) in [5, 5.41) is 7.57. The van der Waals surface area contributed by atoms with E-state index in [9.17, 15) is 0 Å². The van der Waals surface area contributed by atoms with Crippen LogP contribution in [0.2, 0.25) is 0 Å². The van der Waals surface area contributed by atoms with Crippen molar-refractivity contribution in [3.8, 4) is 11.4 Å². The third-order valence-corrected chi connectivity index (χ3v) is 2.25. The molecule has 1 aromatic carbocycles. The van der Waals surface area contributed by atoms with E-state index in [2.05, 4.69) is 15.2 Å². The highest BCUT2D eigenvalue weighted by Gasteiger charge is 2.08. The molecule has 2 heterocycles. The van der Waals surface area contributed by atoms with Crippen molar-refractivity contribution in [3.05, 3.63) is 30.5 Å². The molecule has 0 saturated heterocycles. The molecular formula is C10H8N4O. The number of aromatic amines is 1. The minimum absolute atomic E-state index is 0.241. The molecule has 0 unspecified atom stereocenters. The van der Waals surface area contributed by atoms with Crippen LogP contribution in [0.3, 0.4) is 0 Å². The van der Waals surface area contributed by atoms with Crippen LogP contribution < -0.4 is 5.73 Å². The molecule has 3 N–H and O–H groups in total. The predicted octanol–water partition coefficient (Wildman–Crippen LogP) is 1.80. The van der Waals surface area contributed by atoms with Crippen LogP contribution in [-0.2, 0) is 0 Å². The summed E-state index contributed by atoms with van der Waals surface area (Å²) >= 11 is 0. The standard InChI is InChI=1S/C10H8N4O/c11-10-12-9(13-14-10)7-2-1-3-8-6(7)4-5-15-8/h1-5H,(H3,11,12,13,14). The first-order chi connectivity index (χ1) is 7.34. The fourth-order valence-electron chi connectivity index (χ4n) is 1.60. The third-order valence-electron chi connectivity index (χ3n) is 2.25. The quantitative estimate of drug-likeness (QED) is 0.627. The van der Waals surface area contributed by atoms with E-state index < -0.39 is 0 Å². The van der Waals surface area contributed by atoms with Crippen LogP contribution in [0.15, 0.2) is 34.9 Å². The number of furan rings is 1. The molecule has 0 saturated carbocycles. The molecule has 5 nitrogen and oxygen atoms in total. The monoisotopic (exact) mass is 200 g/mol. The van der Waals surface area contributed by atoms with Crippen molar-refractivity contribution < 1.29 is 4.42 Å². The van der Waals surface area contributed by atoms with Gasteiger partial charge >= 0.3 is 0 Å². The number of nitrogens with one attached hydrogen (secondary N) is 1. The van der Waals surface area contributed by atoms with Gasteiger partial charge in [-0.25, -0.2) is 0 Å². The molecule has 3 rings (SSSR count). The largest absolute Gasteiger partial charge is 0.464 e. The fourth-order valence-corrected chi connectivity index (χ4v) is 1.60. The Kier molecular flexibility index (Phi) is 1.53. The van der Waals surface area contributed by atoms with Crippen molar-refractivity contribution in [3.63, 3.8) is 0 Å². The summed E-state index contributed by atoms with van der Waals surface area (Å²) in [7, 11) is 0. The van der Waals surface area contributed by atoms with E-state index in [-0.39, 0.29) is 5.95 Å². The highest BCUT2D eigenvalue weighted by atomic mass is 16.3. The molecule has 15 heavy (non-hydrogen) atoms. The van der Waals surface area contributed by atoms with Crippen molar-refractivity contribution in [2.45, 2.75) is 0 Å². The average Bonchev–Trinajstić information content (AvgIpc) is 2.84. The number of aromatic nitrogens is 3. The Morgan fingerprint density at radius 2 is 2.20 bits per heavy atom. The van der Waals surface area contributed by atoms with Gasteiger partial charge < -0.3 is 10.2 Å². The summed E-state index contributed by atoms with van der Waals surface area (Å²) in [6.45, 7) is 0. The Labute approximate surface area is 84.9 Å². The van der Waals surface area contributed by atoms with Crippen LogP contribution in [0, 0.1) is 0 Å². The van der Waals surface area contributed by atoms with Crippen molar-refractivity contribution in [2.24, 2.45) is 0 Å². The van der Waals surface area contributed by atoms with Gasteiger partial charge in [-0.2, -0.15) is 4.98 Å². The zero-order valence-electron chi connectivity index (χ0n) is 7.77. The second-order valence-electron chi connectivity index (χ2n) is 3.18. The van der Waals surface area contributed by atoms with Gasteiger partial charge in [-0.05, 0) is 12.1 Å². The van der Waals surface area contributed by atoms with Gasteiger partial charge in [0.05, 0.1) is 6.26 Å². The van der Waals surface area contributed by atoms with E-state index in [1.807, 2.05) is 24.3 Å². The summed E-state index contributed by atoms with van der Waals surface area (Å²) in [5.74, 6) is 0.894. The van der Waals surface area contributed by atoms with Gasteiger partial charge in [0.25, 0.3) is 0 Å². The molecular weight excluding hydrogens is 192 g/mol. The maximum atomic E-state index is 5.46. The topological polar surface area (TPSA) is 80.7 Å². The van der Waals surface area contributed by atoms with Crippen molar-refractivity contribution in [2.75, 3.05) is 5.73 Å². The lowest BCUT2D eigenvalue weighted by atomic mass is 10.1. The zero-order valence-corrected chi connectivity index (χ0v) is 7.77. The first-order valence-electron chi connectivity index (χ1n) is 4.49. The molecule has 74 valence electrons. The zero-order chi connectivity index (χ0) is 10.3. The van der Waals surface area contributed by atoms with Gasteiger partial charge in [0.15, 0.2) is 5.82 Å². The predicted molar refractivity (Wildman–Crippen MR) is 56.0 cm³/mol. The Morgan fingerprint density at radius 1 is 1.27 bits per heavy atom. The third kappa shape index (κ3) is 1.17. The number of nitrogens with two attached hydrogens (primary N) is 1. The number of fused-ring (bicyclic) bond motifs is 1. The van der Waals surface area contributed by atoms with Gasteiger partial charge in [-0.1, -0.05) is 12.1 Å². The van der Waals surface area contributed by atoms with Crippen LogP contribution in [-0.4, -0.2) is 15.2 Å². The van der Waals surface area contributed by atoms with Gasteiger partial charge in [-0.15, -0.1) is 5.10 Å². The van der Waals surface area contributed by atoms with E-state index in [0.717, 1.165) is 16.5 Å². The number of H-pyrrole nitrogens is 1. The minimum Gasteiger partial charge on any atom is -0.464 e. The summed E-state index contributed by atoms with van der Waals surface area (Å²) in [4.78, 5) is 4.08. The lowest BCUT2D eigenvalue weighted by Gasteiger charge is -1.96. The van der Waals surface area contributed by atoms with Crippen molar-refractivity contribution in [1.82, 2.24) is 15.2 Å². The van der Waals surface area contributed by atoms with Crippen LogP contribution in [0.1, 0.15) is 0 Å². The van der Waals surface area contributed by atoms with Gasteiger partial charge in [0, 0.05) is 10.9 Å². The molecule has 0 bridgehead atoms. The number of anilines is 1. The van der Waals surface area contributed by atoms with E-state index >= 15 is 0 Å². The van der Waals surface area contributed by atoms with Gasteiger partial charge in [-0.3, -0.25) is 5.10 Å². The molecule has 2 aromatic heterocycles. The normalized spacial score (nSPS) is 10.9. The SMILES string of the molecule is Nc1n[nH]c(-c2cccc3occc23)n1. The van der Waals surface area contributed by atoms with Crippen molar-refractivity contribution >= 4 is 16.9 Å². The number of hydrogen-bond acceptors (Lipinski definition) is 4. The van der Waals surface area contributed by atoms with E-state index in [0.29, 0.717) is 5.82 Å². The molecule has 0 aliphatic heterocycles. The maximum Gasteiger partial charge on any atom is 0.239 e. The first-order valence-corrected chi connectivity index (χ1v) is 4.49. The Balaban J connectivity index is 2.30. The van der Waals surface area contributed by atoms with Crippen LogP contribution in [0.4, 0.5) is 5.95 Å². The average molecular weight is 200 g/mol. The molecule has 5 heteroatoms. The van der Waals surface area contributed by atoms with Crippen LogP contribution in [0.5, 0.6) is 0 Å². The maximum absolute atomic E-state index is 5.46. The lowest BCUT2D eigenvalue weighted by Crippen LogP contribution is -1.85. The fraction of sp³-hybridized carbons (Fsp3) is 0. The Hall–Kier alpha value is -2.30. The number of hydrogen-bond donors (Lipinski definition) is 2. The smallest absolute Gasteiger partial charge is 0.239 e. The Morgan fingerprint density at radius 3 is 3.00 bits per heavy atom. The number of rotatable bonds is 1. The highest BCUT2D eigenvalue weighted by molar-refractivity contribution is 5.91. The highest BCUT2D eigenvalue weighted by Crippen LogP contribution is 2.26. The Bertz CT molecular complexity index is 610. The first kappa shape index (κ1) is 8.05. The van der Waals surface area contributed by atoms with Crippen molar-refractivity contribution in [1.29, 1.82) is 0 Å². The van der Waals surface area contributed by atoms with Crippen LogP contribution in [0.25, 0.3) is 22.4 Å². The number of benzene rings is 1. The van der Waals surface area contributed by atoms with Gasteiger partial charge in [0.2, 0.25) is 5.95 Å². The molecule has 0 amide bonds. The van der Waals surface area contributed by atoms with E-state index in [1.165, 1.54) is 0 Å². The lowest BCUT2D eigenvalue weighted by molar-refractivity contribution is 0.616. The molecule has 0 aliphatic carbocycles. The van der Waals surface area contributed by atoms with Crippen LogP contribution >= 0.6 is 0 Å².